The van der Waals surface area contributed by atoms with E-state index in [1.165, 1.54) is 0 Å². The number of hydrogen-bond acceptors (Lipinski definition) is 5. The average Bonchev–Trinajstić information content (AvgIpc) is 2.94. The Morgan fingerprint density at radius 3 is 2.50 bits per heavy atom. The molecule has 1 aliphatic heterocycles. The summed E-state index contributed by atoms with van der Waals surface area (Å²) in [6, 6.07) is 0. The molecule has 1 aromatic heterocycles. The van der Waals surface area contributed by atoms with Crippen molar-refractivity contribution in [2.75, 3.05) is 13.2 Å². The molecule has 2 fully saturated rings. The van der Waals surface area contributed by atoms with Crippen LogP contribution < -0.4 is 0 Å². The van der Waals surface area contributed by atoms with Gasteiger partial charge in [-0.15, -0.1) is 0 Å². The second kappa shape index (κ2) is 5.11. The third kappa shape index (κ3) is 2.61. The van der Waals surface area contributed by atoms with Crippen molar-refractivity contribution >= 4 is 0 Å². The summed E-state index contributed by atoms with van der Waals surface area (Å²) in [6.45, 7) is 5.71. The van der Waals surface area contributed by atoms with Gasteiger partial charge in [0.05, 0.1) is 24.2 Å². The number of hydrogen-bond donors (Lipinski definition) is 1. The van der Waals surface area contributed by atoms with Crippen molar-refractivity contribution < 1.29 is 14.4 Å². The van der Waals surface area contributed by atoms with E-state index in [0.717, 1.165) is 32.1 Å². The van der Waals surface area contributed by atoms with Gasteiger partial charge in [-0.1, -0.05) is 31.8 Å². The summed E-state index contributed by atoms with van der Waals surface area (Å²) in [5, 5.41) is 14.5. The van der Waals surface area contributed by atoms with Crippen molar-refractivity contribution in [1.29, 1.82) is 0 Å². The van der Waals surface area contributed by atoms with Crippen LogP contribution in [0.3, 0.4) is 0 Å². The molecule has 2 heterocycles. The van der Waals surface area contributed by atoms with Gasteiger partial charge in [0, 0.05) is 6.42 Å². The first kappa shape index (κ1) is 14.0. The molecule has 1 saturated carbocycles. The molecule has 0 unspecified atom stereocenters. The summed E-state index contributed by atoms with van der Waals surface area (Å²) < 4.78 is 10.9. The standard InChI is InChI=1S/C15H24N2O3/c1-11(2)7-14(9-19-10-14)13-16-12(17-20-13)8-15(18)5-3-4-6-15/h11,18H,3-10H2,1-2H3. The number of nitrogens with zero attached hydrogens (tertiary/aromatic N) is 2. The van der Waals surface area contributed by atoms with Crippen LogP contribution in [0.1, 0.15) is 57.7 Å². The Balaban J connectivity index is 1.72. The van der Waals surface area contributed by atoms with E-state index in [-0.39, 0.29) is 5.41 Å². The molecule has 0 radical (unpaired) electrons. The highest BCUT2D eigenvalue weighted by Gasteiger charge is 2.46. The number of rotatable bonds is 5. The lowest BCUT2D eigenvalue weighted by Gasteiger charge is -2.39. The Morgan fingerprint density at radius 2 is 1.95 bits per heavy atom. The Bertz CT molecular complexity index is 459. The molecule has 3 rings (SSSR count). The van der Waals surface area contributed by atoms with Crippen LogP contribution in [0.2, 0.25) is 0 Å². The van der Waals surface area contributed by atoms with E-state index in [9.17, 15) is 5.11 Å². The first-order valence-corrected chi connectivity index (χ1v) is 7.65. The van der Waals surface area contributed by atoms with Gasteiger partial charge in [-0.25, -0.2) is 0 Å². The molecule has 0 amide bonds. The zero-order valence-electron chi connectivity index (χ0n) is 12.4. The second-order valence-corrected chi connectivity index (χ2v) is 7.00. The number of aliphatic hydroxyl groups is 1. The molecule has 112 valence electrons. The summed E-state index contributed by atoms with van der Waals surface area (Å²) in [5.41, 5.74) is -0.722. The van der Waals surface area contributed by atoms with Crippen LogP contribution in [0.4, 0.5) is 0 Å². The van der Waals surface area contributed by atoms with E-state index in [0.29, 0.717) is 37.3 Å². The van der Waals surface area contributed by atoms with E-state index < -0.39 is 5.60 Å². The quantitative estimate of drug-likeness (QED) is 0.895. The van der Waals surface area contributed by atoms with Gasteiger partial charge in [0.2, 0.25) is 5.89 Å². The molecule has 1 saturated heterocycles. The zero-order chi connectivity index (χ0) is 14.2. The number of aromatic nitrogens is 2. The van der Waals surface area contributed by atoms with Crippen LogP contribution in [0, 0.1) is 5.92 Å². The van der Waals surface area contributed by atoms with Gasteiger partial charge in [0.1, 0.15) is 0 Å². The Hall–Kier alpha value is -0.940. The van der Waals surface area contributed by atoms with Crippen LogP contribution >= 0.6 is 0 Å². The maximum atomic E-state index is 10.4. The smallest absolute Gasteiger partial charge is 0.237 e. The van der Waals surface area contributed by atoms with Crippen LogP contribution in [-0.2, 0) is 16.6 Å². The van der Waals surface area contributed by atoms with E-state index in [2.05, 4.69) is 24.0 Å². The van der Waals surface area contributed by atoms with E-state index in [1.54, 1.807) is 0 Å². The predicted octanol–water partition coefficient (Wildman–Crippen LogP) is 2.23. The van der Waals surface area contributed by atoms with Gasteiger partial charge < -0.3 is 14.4 Å². The number of ether oxygens (including phenoxy) is 1. The SMILES string of the molecule is CC(C)CC1(c2nc(CC3(O)CCCC3)no2)COC1. The van der Waals surface area contributed by atoms with Gasteiger partial charge in [-0.05, 0) is 25.2 Å². The van der Waals surface area contributed by atoms with Crippen LogP contribution in [0.15, 0.2) is 4.52 Å². The van der Waals surface area contributed by atoms with Gasteiger partial charge in [-0.3, -0.25) is 0 Å². The lowest BCUT2D eigenvalue weighted by atomic mass is 9.78. The topological polar surface area (TPSA) is 68.4 Å². The minimum absolute atomic E-state index is 0.0995. The molecule has 20 heavy (non-hydrogen) atoms. The Kier molecular flexibility index (Phi) is 3.58. The monoisotopic (exact) mass is 280 g/mol. The molecule has 2 aliphatic rings. The van der Waals surface area contributed by atoms with Crippen molar-refractivity contribution in [2.24, 2.45) is 5.92 Å². The summed E-state index contributed by atoms with van der Waals surface area (Å²) in [5.74, 6) is 1.89. The minimum atomic E-state index is -0.623. The lowest BCUT2D eigenvalue weighted by molar-refractivity contribution is -0.0841. The van der Waals surface area contributed by atoms with Gasteiger partial charge in [0.15, 0.2) is 5.82 Å². The van der Waals surface area contributed by atoms with Gasteiger partial charge in [0.25, 0.3) is 0 Å². The molecule has 5 nitrogen and oxygen atoms in total. The fraction of sp³-hybridized carbons (Fsp3) is 0.867. The van der Waals surface area contributed by atoms with Crippen molar-refractivity contribution in [3.8, 4) is 0 Å². The first-order chi connectivity index (χ1) is 9.51. The zero-order valence-corrected chi connectivity index (χ0v) is 12.4. The first-order valence-electron chi connectivity index (χ1n) is 7.65. The molecule has 1 N–H and O–H groups in total. The van der Waals surface area contributed by atoms with E-state index in [1.807, 2.05) is 0 Å². The predicted molar refractivity (Wildman–Crippen MR) is 73.4 cm³/mol. The normalized spacial score (nSPS) is 24.0. The largest absolute Gasteiger partial charge is 0.389 e. The highest BCUT2D eigenvalue weighted by atomic mass is 16.5. The van der Waals surface area contributed by atoms with Crippen molar-refractivity contribution in [3.63, 3.8) is 0 Å². The molecular formula is C15H24N2O3. The third-order valence-corrected chi connectivity index (χ3v) is 4.50. The van der Waals surface area contributed by atoms with Crippen molar-refractivity contribution in [3.05, 3.63) is 11.7 Å². The van der Waals surface area contributed by atoms with E-state index in [4.69, 9.17) is 9.26 Å². The Labute approximate surface area is 119 Å². The van der Waals surface area contributed by atoms with Crippen LogP contribution in [-0.4, -0.2) is 34.1 Å². The van der Waals surface area contributed by atoms with Crippen molar-refractivity contribution in [2.45, 2.75) is 63.4 Å². The second-order valence-electron chi connectivity index (χ2n) is 7.00. The highest BCUT2D eigenvalue weighted by molar-refractivity contribution is 5.11. The molecule has 1 aliphatic carbocycles. The fourth-order valence-corrected chi connectivity index (χ4v) is 3.50. The van der Waals surface area contributed by atoms with Gasteiger partial charge in [-0.2, -0.15) is 4.98 Å². The highest BCUT2D eigenvalue weighted by Crippen LogP contribution is 2.38. The van der Waals surface area contributed by atoms with Gasteiger partial charge >= 0.3 is 0 Å². The summed E-state index contributed by atoms with van der Waals surface area (Å²) in [6.07, 6.45) is 5.38. The maximum Gasteiger partial charge on any atom is 0.237 e. The van der Waals surface area contributed by atoms with Crippen LogP contribution in [0.5, 0.6) is 0 Å². The maximum absolute atomic E-state index is 10.4. The third-order valence-electron chi connectivity index (χ3n) is 4.50. The van der Waals surface area contributed by atoms with Crippen molar-refractivity contribution in [1.82, 2.24) is 10.1 Å². The molecule has 0 spiro atoms. The molecule has 0 bridgehead atoms. The molecule has 5 heteroatoms. The van der Waals surface area contributed by atoms with Crippen LogP contribution in [0.25, 0.3) is 0 Å². The summed E-state index contributed by atoms with van der Waals surface area (Å²) in [4.78, 5) is 4.55. The minimum Gasteiger partial charge on any atom is -0.389 e. The van der Waals surface area contributed by atoms with E-state index >= 15 is 0 Å². The fourth-order valence-electron chi connectivity index (χ4n) is 3.50. The summed E-state index contributed by atoms with van der Waals surface area (Å²) in [7, 11) is 0. The molecule has 0 atom stereocenters. The summed E-state index contributed by atoms with van der Waals surface area (Å²) >= 11 is 0. The lowest BCUT2D eigenvalue weighted by Crippen LogP contribution is -2.48. The molecule has 1 aromatic rings. The Morgan fingerprint density at radius 1 is 1.25 bits per heavy atom. The average molecular weight is 280 g/mol. The molecule has 0 aromatic carbocycles. The molecular weight excluding hydrogens is 256 g/mol.